The molecule has 0 spiro atoms. The number of nitrogens with zero attached hydrogens (tertiary/aromatic N) is 1. The van der Waals surface area contributed by atoms with E-state index in [-0.39, 0.29) is 0 Å². The van der Waals surface area contributed by atoms with Gasteiger partial charge in [0.1, 0.15) is 0 Å². The standard InChI is InChI=1S/C9H9N2O/c10-9(12)11-6-5-7-3-1-2-4-8(7)11/h1-5H,6H2,(H2,10,12). The molecule has 1 aliphatic heterocycles. The fourth-order valence-electron chi connectivity index (χ4n) is 1.40. The summed E-state index contributed by atoms with van der Waals surface area (Å²) in [5.41, 5.74) is 7.17. The maximum Gasteiger partial charge on any atom is 0.319 e. The van der Waals surface area contributed by atoms with Crippen LogP contribution in [0.3, 0.4) is 0 Å². The summed E-state index contributed by atoms with van der Waals surface area (Å²) in [5.74, 6) is 0. The highest BCUT2D eigenvalue weighted by Crippen LogP contribution is 2.27. The van der Waals surface area contributed by atoms with Crippen molar-refractivity contribution in [1.82, 2.24) is 0 Å². The van der Waals surface area contributed by atoms with Gasteiger partial charge in [0, 0.05) is 18.7 Å². The Morgan fingerprint density at radius 2 is 2.17 bits per heavy atom. The molecule has 12 heavy (non-hydrogen) atoms. The largest absolute Gasteiger partial charge is 0.351 e. The summed E-state index contributed by atoms with van der Waals surface area (Å²) in [6, 6.07) is 7.31. The summed E-state index contributed by atoms with van der Waals surface area (Å²) in [4.78, 5) is 12.4. The smallest absolute Gasteiger partial charge is 0.319 e. The lowest BCUT2D eigenvalue weighted by Crippen LogP contribution is -2.33. The molecule has 1 heterocycles. The van der Waals surface area contributed by atoms with Gasteiger partial charge in [-0.15, -0.1) is 0 Å². The molecule has 1 radical (unpaired) electrons. The third kappa shape index (κ3) is 0.942. The number of primary amides is 1. The summed E-state index contributed by atoms with van der Waals surface area (Å²) in [7, 11) is 0. The number of amides is 2. The second-order valence-corrected chi connectivity index (χ2v) is 2.71. The predicted molar refractivity (Wildman–Crippen MR) is 46.8 cm³/mol. The fourth-order valence-corrected chi connectivity index (χ4v) is 1.40. The molecule has 0 unspecified atom stereocenters. The minimum absolute atomic E-state index is 0.392. The van der Waals surface area contributed by atoms with Crippen LogP contribution in [0.1, 0.15) is 5.56 Å². The highest BCUT2D eigenvalue weighted by molar-refractivity contribution is 5.94. The van der Waals surface area contributed by atoms with Gasteiger partial charge in [-0.1, -0.05) is 18.2 Å². The van der Waals surface area contributed by atoms with Gasteiger partial charge in [-0.3, -0.25) is 4.90 Å². The minimum Gasteiger partial charge on any atom is -0.351 e. The van der Waals surface area contributed by atoms with E-state index in [1.54, 1.807) is 4.90 Å². The summed E-state index contributed by atoms with van der Waals surface area (Å²) in [5, 5.41) is 0. The Hall–Kier alpha value is -1.51. The van der Waals surface area contributed by atoms with Crippen molar-refractivity contribution in [3.63, 3.8) is 0 Å². The minimum atomic E-state index is -0.392. The van der Waals surface area contributed by atoms with Crippen molar-refractivity contribution in [3.05, 3.63) is 36.2 Å². The van der Waals surface area contributed by atoms with Crippen LogP contribution in [0, 0.1) is 6.42 Å². The highest BCUT2D eigenvalue weighted by Gasteiger charge is 2.21. The van der Waals surface area contributed by atoms with E-state index >= 15 is 0 Å². The van der Waals surface area contributed by atoms with Crippen LogP contribution in [0.5, 0.6) is 0 Å². The maximum atomic E-state index is 10.9. The monoisotopic (exact) mass is 161 g/mol. The maximum absolute atomic E-state index is 10.9. The Bertz CT molecular complexity index is 322. The van der Waals surface area contributed by atoms with Crippen molar-refractivity contribution in [2.24, 2.45) is 5.73 Å². The molecule has 0 aliphatic carbocycles. The Kier molecular flexibility index (Phi) is 1.50. The summed E-state index contributed by atoms with van der Waals surface area (Å²) in [6.45, 7) is 0.592. The van der Waals surface area contributed by atoms with Crippen LogP contribution in [0.4, 0.5) is 10.5 Å². The van der Waals surface area contributed by atoms with E-state index < -0.39 is 6.03 Å². The molecular formula is C9H9N2O. The van der Waals surface area contributed by atoms with Crippen LogP contribution in [0.2, 0.25) is 0 Å². The molecule has 0 aromatic heterocycles. The van der Waals surface area contributed by atoms with Gasteiger partial charge in [0.05, 0.1) is 0 Å². The number of rotatable bonds is 0. The number of fused-ring (bicyclic) bond motifs is 1. The van der Waals surface area contributed by atoms with Crippen LogP contribution in [0.25, 0.3) is 0 Å². The van der Waals surface area contributed by atoms with Gasteiger partial charge in [-0.05, 0) is 11.6 Å². The summed E-state index contributed by atoms with van der Waals surface area (Å²) in [6.07, 6.45) is 1.99. The number of para-hydroxylation sites is 1. The third-order valence-corrected chi connectivity index (χ3v) is 1.99. The molecule has 0 atom stereocenters. The second kappa shape index (κ2) is 2.52. The normalized spacial score (nSPS) is 14.5. The van der Waals surface area contributed by atoms with Crippen molar-refractivity contribution in [2.45, 2.75) is 0 Å². The average molecular weight is 161 g/mol. The molecule has 0 saturated carbocycles. The number of hydrogen-bond donors (Lipinski definition) is 1. The van der Waals surface area contributed by atoms with E-state index in [9.17, 15) is 4.79 Å². The van der Waals surface area contributed by atoms with Crippen molar-refractivity contribution in [1.29, 1.82) is 0 Å². The SMILES string of the molecule is NC(=O)N1C[CH]c2ccccc21. The Morgan fingerprint density at radius 1 is 1.42 bits per heavy atom. The first-order valence-electron chi connectivity index (χ1n) is 3.78. The topological polar surface area (TPSA) is 46.3 Å². The highest BCUT2D eigenvalue weighted by atomic mass is 16.2. The Morgan fingerprint density at radius 3 is 2.92 bits per heavy atom. The fraction of sp³-hybridized carbons (Fsp3) is 0.111. The van der Waals surface area contributed by atoms with Crippen LogP contribution >= 0.6 is 0 Å². The Balaban J connectivity index is 2.42. The molecule has 1 aromatic rings. The molecule has 2 rings (SSSR count). The summed E-state index contributed by atoms with van der Waals surface area (Å²) >= 11 is 0. The van der Waals surface area contributed by atoms with Crippen LogP contribution < -0.4 is 10.6 Å². The van der Waals surface area contributed by atoms with Crippen molar-refractivity contribution in [2.75, 3.05) is 11.4 Å². The third-order valence-electron chi connectivity index (χ3n) is 1.99. The molecule has 0 fully saturated rings. The number of hydrogen-bond acceptors (Lipinski definition) is 1. The number of carbonyl (C=O) groups excluding carboxylic acids is 1. The first-order valence-corrected chi connectivity index (χ1v) is 3.78. The van der Waals surface area contributed by atoms with Gasteiger partial charge < -0.3 is 5.73 Å². The predicted octanol–water partition coefficient (Wildman–Crippen LogP) is 1.14. The second-order valence-electron chi connectivity index (χ2n) is 2.71. The molecule has 1 aliphatic rings. The number of nitrogens with two attached hydrogens (primary N) is 1. The number of benzene rings is 1. The van der Waals surface area contributed by atoms with Gasteiger partial charge in [-0.25, -0.2) is 4.79 Å². The van der Waals surface area contributed by atoms with Crippen molar-refractivity contribution >= 4 is 11.7 Å². The molecule has 1 aromatic carbocycles. The lowest BCUT2D eigenvalue weighted by atomic mass is 10.2. The van der Waals surface area contributed by atoms with Crippen molar-refractivity contribution in [3.8, 4) is 0 Å². The van der Waals surface area contributed by atoms with E-state index in [4.69, 9.17) is 5.73 Å². The van der Waals surface area contributed by atoms with Crippen molar-refractivity contribution < 1.29 is 4.79 Å². The lowest BCUT2D eigenvalue weighted by molar-refractivity contribution is 0.254. The number of anilines is 1. The number of urea groups is 1. The van der Waals surface area contributed by atoms with E-state index in [2.05, 4.69) is 0 Å². The van der Waals surface area contributed by atoms with Gasteiger partial charge in [0.15, 0.2) is 0 Å². The van der Waals surface area contributed by atoms with E-state index in [1.165, 1.54) is 0 Å². The quantitative estimate of drug-likeness (QED) is 0.609. The molecular weight excluding hydrogens is 152 g/mol. The first kappa shape index (κ1) is 7.16. The molecule has 0 saturated heterocycles. The van der Waals surface area contributed by atoms with Crippen LogP contribution in [-0.2, 0) is 0 Å². The number of carbonyl (C=O) groups is 1. The molecule has 3 nitrogen and oxygen atoms in total. The average Bonchev–Trinajstić information content (AvgIpc) is 2.47. The molecule has 2 N–H and O–H groups in total. The molecule has 0 bridgehead atoms. The van der Waals surface area contributed by atoms with Gasteiger partial charge >= 0.3 is 6.03 Å². The van der Waals surface area contributed by atoms with E-state index in [0.29, 0.717) is 6.54 Å². The van der Waals surface area contributed by atoms with Crippen LogP contribution in [0.15, 0.2) is 24.3 Å². The Labute approximate surface area is 70.8 Å². The zero-order chi connectivity index (χ0) is 8.55. The molecule has 3 heteroatoms. The van der Waals surface area contributed by atoms with E-state index in [1.807, 2.05) is 30.7 Å². The lowest BCUT2D eigenvalue weighted by Gasteiger charge is -2.12. The molecule has 2 amide bonds. The van der Waals surface area contributed by atoms with E-state index in [0.717, 1.165) is 11.3 Å². The zero-order valence-electron chi connectivity index (χ0n) is 6.53. The zero-order valence-corrected chi connectivity index (χ0v) is 6.53. The summed E-state index contributed by atoms with van der Waals surface area (Å²) < 4.78 is 0. The van der Waals surface area contributed by atoms with Gasteiger partial charge in [-0.2, -0.15) is 0 Å². The molecule has 61 valence electrons. The van der Waals surface area contributed by atoms with Gasteiger partial charge in [0.2, 0.25) is 0 Å². The van der Waals surface area contributed by atoms with Gasteiger partial charge in [0.25, 0.3) is 0 Å². The van der Waals surface area contributed by atoms with Crippen LogP contribution in [-0.4, -0.2) is 12.6 Å². The first-order chi connectivity index (χ1) is 5.79.